The van der Waals surface area contributed by atoms with Crippen molar-refractivity contribution in [1.29, 1.82) is 0 Å². The van der Waals surface area contributed by atoms with E-state index in [0.29, 0.717) is 60.2 Å². The fraction of sp³-hybridized carbons (Fsp3) is 0.355. The fourth-order valence-electron chi connectivity index (χ4n) is 5.00. The van der Waals surface area contributed by atoms with E-state index >= 15 is 0 Å². The number of methoxy groups -OCH3 is 2. The molecule has 1 N–H and O–H groups in total. The van der Waals surface area contributed by atoms with E-state index in [1.807, 2.05) is 19.0 Å². The predicted molar refractivity (Wildman–Crippen MR) is 161 cm³/mol. The molecule has 2 aliphatic rings. The summed E-state index contributed by atoms with van der Waals surface area (Å²) in [6, 6.07) is 12.0. The van der Waals surface area contributed by atoms with E-state index in [1.54, 1.807) is 26.4 Å². The number of benzene rings is 2. The first-order valence-corrected chi connectivity index (χ1v) is 13.8. The molecule has 2 heterocycles. The largest absolute Gasteiger partial charge is 0.493 e. The minimum atomic E-state index is -0.286. The molecule has 1 aliphatic carbocycles. The van der Waals surface area contributed by atoms with Gasteiger partial charge in [0.1, 0.15) is 18.8 Å². The molecule has 0 saturated carbocycles. The number of fused-ring (bicyclic) bond motifs is 1. The minimum Gasteiger partial charge on any atom is -0.493 e. The maximum Gasteiger partial charge on any atom is 0.204 e. The number of carbonyl (C=O) groups is 2. The number of carbonyl (C=O) groups excluding carboxylic acids is 2. The number of ether oxygens (including phenoxy) is 3. The second kappa shape index (κ2) is 13.0. The Morgan fingerprint density at radius 1 is 0.905 bits per heavy atom. The van der Waals surface area contributed by atoms with Crippen molar-refractivity contribution in [3.63, 3.8) is 0 Å². The van der Waals surface area contributed by atoms with Gasteiger partial charge in [-0.25, -0.2) is 9.97 Å². The van der Waals surface area contributed by atoms with Gasteiger partial charge in [0, 0.05) is 83.2 Å². The smallest absolute Gasteiger partial charge is 0.204 e. The van der Waals surface area contributed by atoms with Crippen LogP contribution in [0.15, 0.2) is 66.3 Å². The molecule has 0 amide bonds. The van der Waals surface area contributed by atoms with Crippen molar-refractivity contribution >= 4 is 34.0 Å². The molecule has 1 aliphatic heterocycles. The summed E-state index contributed by atoms with van der Waals surface area (Å²) in [5, 5.41) is 3.67. The summed E-state index contributed by atoms with van der Waals surface area (Å²) in [5.41, 5.74) is 3.60. The standard InChI is InChI=1S/C31H36N6O5/c1-35(2)22-7-5-21(6-8-22)19-36-9-11-37(12-10-36)26-18-27(38)25(16-28(26)39)34-31-23-15-29(41-4)30(42-14-13-40-3)17-24(23)32-20-33-31/h5-8,15-18,20H,9-14,19H2,1-4H3,(H,32,33,34). The highest BCUT2D eigenvalue weighted by molar-refractivity contribution is 6.21. The summed E-state index contributed by atoms with van der Waals surface area (Å²) >= 11 is 0. The number of aromatic nitrogens is 2. The van der Waals surface area contributed by atoms with Crippen molar-refractivity contribution < 1.29 is 23.8 Å². The summed E-state index contributed by atoms with van der Waals surface area (Å²) in [6.07, 6.45) is 4.17. The zero-order chi connectivity index (χ0) is 29.6. The first-order chi connectivity index (χ1) is 20.4. The summed E-state index contributed by atoms with van der Waals surface area (Å²) in [5.74, 6) is 0.896. The van der Waals surface area contributed by atoms with Crippen LogP contribution in [0.5, 0.6) is 11.5 Å². The van der Waals surface area contributed by atoms with Crippen LogP contribution in [0.25, 0.3) is 10.9 Å². The molecule has 0 radical (unpaired) electrons. The predicted octanol–water partition coefficient (Wildman–Crippen LogP) is 2.88. The molecule has 3 aromatic rings. The molecule has 11 heteroatoms. The molecule has 1 aromatic heterocycles. The fourth-order valence-corrected chi connectivity index (χ4v) is 5.00. The molecule has 42 heavy (non-hydrogen) atoms. The number of nitrogens with one attached hydrogen (secondary N) is 1. The van der Waals surface area contributed by atoms with Crippen molar-refractivity contribution in [3.05, 3.63) is 71.8 Å². The van der Waals surface area contributed by atoms with Crippen LogP contribution >= 0.6 is 0 Å². The molecule has 5 rings (SSSR count). The maximum absolute atomic E-state index is 13.2. The van der Waals surface area contributed by atoms with Crippen LogP contribution in [0.4, 0.5) is 11.5 Å². The van der Waals surface area contributed by atoms with Gasteiger partial charge in [-0.05, 0) is 23.8 Å². The lowest BCUT2D eigenvalue weighted by molar-refractivity contribution is -0.116. The van der Waals surface area contributed by atoms with Gasteiger partial charge in [0.2, 0.25) is 11.6 Å². The van der Waals surface area contributed by atoms with Gasteiger partial charge in [-0.2, -0.15) is 0 Å². The summed E-state index contributed by atoms with van der Waals surface area (Å²) in [4.78, 5) is 41.4. The maximum atomic E-state index is 13.2. The van der Waals surface area contributed by atoms with Gasteiger partial charge in [0.25, 0.3) is 0 Å². The summed E-state index contributed by atoms with van der Waals surface area (Å²) < 4.78 is 16.3. The molecule has 11 nitrogen and oxygen atoms in total. The Labute approximate surface area is 245 Å². The minimum absolute atomic E-state index is 0.156. The highest BCUT2D eigenvalue weighted by Crippen LogP contribution is 2.34. The van der Waals surface area contributed by atoms with Crippen LogP contribution in [0.3, 0.4) is 0 Å². The van der Waals surface area contributed by atoms with Gasteiger partial charge in [-0.1, -0.05) is 12.1 Å². The Balaban J connectivity index is 1.23. The zero-order valence-corrected chi connectivity index (χ0v) is 24.4. The molecule has 1 fully saturated rings. The van der Waals surface area contributed by atoms with Gasteiger partial charge in [0.05, 0.1) is 30.6 Å². The first kappa shape index (κ1) is 29.0. The highest BCUT2D eigenvalue weighted by atomic mass is 16.5. The Kier molecular flexibility index (Phi) is 8.99. The van der Waals surface area contributed by atoms with E-state index in [2.05, 4.69) is 49.4 Å². The van der Waals surface area contributed by atoms with Gasteiger partial charge in [0.15, 0.2) is 11.5 Å². The van der Waals surface area contributed by atoms with Crippen molar-refractivity contribution in [3.8, 4) is 11.5 Å². The van der Waals surface area contributed by atoms with E-state index in [9.17, 15) is 9.59 Å². The molecular formula is C31H36N6O5. The normalized spacial score (nSPS) is 15.9. The van der Waals surface area contributed by atoms with Gasteiger partial charge in [-0.3, -0.25) is 14.5 Å². The summed E-state index contributed by atoms with van der Waals surface area (Å²) in [7, 11) is 7.20. The highest BCUT2D eigenvalue weighted by Gasteiger charge is 2.28. The zero-order valence-electron chi connectivity index (χ0n) is 24.4. The van der Waals surface area contributed by atoms with Crippen molar-refractivity contribution in [2.24, 2.45) is 0 Å². The third-order valence-corrected chi connectivity index (χ3v) is 7.35. The number of anilines is 2. The molecule has 220 valence electrons. The molecule has 0 atom stereocenters. The number of hydrogen-bond donors (Lipinski definition) is 1. The second-order valence-corrected chi connectivity index (χ2v) is 10.3. The van der Waals surface area contributed by atoms with Crippen molar-refractivity contribution in [1.82, 2.24) is 19.8 Å². The lowest BCUT2D eigenvalue weighted by Gasteiger charge is -2.37. The van der Waals surface area contributed by atoms with Crippen molar-refractivity contribution in [2.75, 3.05) is 77.9 Å². The lowest BCUT2D eigenvalue weighted by Crippen LogP contribution is -2.47. The van der Waals surface area contributed by atoms with E-state index in [4.69, 9.17) is 14.2 Å². The van der Waals surface area contributed by atoms with E-state index in [0.717, 1.165) is 19.6 Å². The quantitative estimate of drug-likeness (QED) is 0.271. The van der Waals surface area contributed by atoms with Crippen molar-refractivity contribution in [2.45, 2.75) is 6.54 Å². The molecule has 2 aromatic carbocycles. The third-order valence-electron chi connectivity index (χ3n) is 7.35. The van der Waals surface area contributed by atoms with E-state index < -0.39 is 0 Å². The van der Waals surface area contributed by atoms with Gasteiger partial charge in [-0.15, -0.1) is 0 Å². The number of hydrogen-bond acceptors (Lipinski definition) is 11. The number of ketones is 2. The van der Waals surface area contributed by atoms with Crippen LogP contribution in [-0.4, -0.2) is 99.0 Å². The first-order valence-electron chi connectivity index (χ1n) is 13.8. The molecular weight excluding hydrogens is 536 g/mol. The Morgan fingerprint density at radius 2 is 1.67 bits per heavy atom. The Bertz CT molecular complexity index is 1510. The van der Waals surface area contributed by atoms with Crippen LogP contribution in [-0.2, 0) is 20.9 Å². The molecule has 0 unspecified atom stereocenters. The monoisotopic (exact) mass is 572 g/mol. The van der Waals surface area contributed by atoms with Crippen LogP contribution in [0, 0.1) is 0 Å². The SMILES string of the molecule is COCCOc1cc2ncnc(NC3=CC(=O)C(N4CCN(Cc5ccc(N(C)C)cc5)CC4)=CC3=O)c2cc1OC. The van der Waals surface area contributed by atoms with Crippen LogP contribution in [0.1, 0.15) is 5.56 Å². The van der Waals surface area contributed by atoms with Gasteiger partial charge >= 0.3 is 0 Å². The number of allylic oxidation sites excluding steroid dienone is 2. The van der Waals surface area contributed by atoms with E-state index in [-0.39, 0.29) is 17.3 Å². The number of piperazine rings is 1. The topological polar surface area (TPSA) is 109 Å². The third kappa shape index (κ3) is 6.53. The van der Waals surface area contributed by atoms with Crippen LogP contribution in [0.2, 0.25) is 0 Å². The van der Waals surface area contributed by atoms with Gasteiger partial charge < -0.3 is 29.3 Å². The molecule has 0 bridgehead atoms. The lowest BCUT2D eigenvalue weighted by atomic mass is 10.0. The molecule has 0 spiro atoms. The average molecular weight is 573 g/mol. The Hall–Kier alpha value is -4.48. The summed E-state index contributed by atoms with van der Waals surface area (Å²) in [6.45, 7) is 4.57. The number of nitrogens with zero attached hydrogens (tertiary/aromatic N) is 5. The van der Waals surface area contributed by atoms with E-state index in [1.165, 1.54) is 29.7 Å². The second-order valence-electron chi connectivity index (χ2n) is 10.3. The van der Waals surface area contributed by atoms with Crippen LogP contribution < -0.4 is 19.7 Å². The molecule has 1 saturated heterocycles. The Morgan fingerprint density at radius 3 is 2.36 bits per heavy atom. The number of rotatable bonds is 11. The average Bonchev–Trinajstić information content (AvgIpc) is 2.99.